The number of rotatable bonds is 8. The minimum Gasteiger partial charge on any atom is -0.478 e. The van der Waals surface area contributed by atoms with Crippen LogP contribution in [0.1, 0.15) is 59.9 Å². The van der Waals surface area contributed by atoms with Crippen LogP contribution in [0.15, 0.2) is 12.1 Å². The number of hydrogen-bond acceptors (Lipinski definition) is 6. The largest absolute Gasteiger partial charge is 0.478 e. The first-order chi connectivity index (χ1) is 13.3. The van der Waals surface area contributed by atoms with Gasteiger partial charge in [-0.05, 0) is 39.7 Å². The first-order valence-electron chi connectivity index (χ1n) is 9.82. The lowest BCUT2D eigenvalue weighted by Gasteiger charge is -2.25. The van der Waals surface area contributed by atoms with Crippen molar-refractivity contribution in [2.45, 2.75) is 66.5 Å². The van der Waals surface area contributed by atoms with E-state index in [1.807, 2.05) is 20.8 Å². The van der Waals surface area contributed by atoms with Crippen LogP contribution in [-0.2, 0) is 16.1 Å². The number of nitrogens with zero attached hydrogens (tertiary/aromatic N) is 2. The molecule has 164 valence electrons. The first kappa shape index (κ1) is 24.7. The number of pyridine rings is 1. The van der Waals surface area contributed by atoms with Gasteiger partial charge in [-0.1, -0.05) is 20.8 Å². The molecule has 8 nitrogen and oxygen atoms in total. The highest BCUT2D eigenvalue weighted by Crippen LogP contribution is 2.23. The molecule has 0 fully saturated rings. The predicted octanol–water partition coefficient (Wildman–Crippen LogP) is 3.58. The number of amides is 2. The molecule has 0 aliphatic rings. The molecule has 29 heavy (non-hydrogen) atoms. The Hall–Kier alpha value is -2.35. The lowest BCUT2D eigenvalue weighted by Crippen LogP contribution is -2.34. The molecule has 0 atom stereocenters. The van der Waals surface area contributed by atoms with Gasteiger partial charge in [0.05, 0.1) is 13.2 Å². The van der Waals surface area contributed by atoms with Crippen molar-refractivity contribution in [2.24, 2.45) is 5.41 Å². The van der Waals surface area contributed by atoms with Crippen molar-refractivity contribution < 1.29 is 24.2 Å². The Labute approximate surface area is 173 Å². The maximum atomic E-state index is 12.5. The van der Waals surface area contributed by atoms with Gasteiger partial charge in [-0.25, -0.2) is 4.79 Å². The van der Waals surface area contributed by atoms with E-state index in [4.69, 9.17) is 14.6 Å². The summed E-state index contributed by atoms with van der Waals surface area (Å²) in [4.78, 5) is 30.6. The highest BCUT2D eigenvalue weighted by molar-refractivity contribution is 5.94. The van der Waals surface area contributed by atoms with Gasteiger partial charge in [0, 0.05) is 30.7 Å². The van der Waals surface area contributed by atoms with E-state index in [-0.39, 0.29) is 19.1 Å². The summed E-state index contributed by atoms with van der Waals surface area (Å²) in [5.74, 6) is 0.527. The summed E-state index contributed by atoms with van der Waals surface area (Å²) in [6.45, 7) is 11.6. The van der Waals surface area contributed by atoms with Gasteiger partial charge in [-0.2, -0.15) is 4.98 Å². The van der Waals surface area contributed by atoms with Crippen LogP contribution in [0.4, 0.5) is 10.6 Å². The van der Waals surface area contributed by atoms with E-state index in [2.05, 4.69) is 10.3 Å². The van der Waals surface area contributed by atoms with Crippen LogP contribution < -0.4 is 10.1 Å². The summed E-state index contributed by atoms with van der Waals surface area (Å²) in [5.41, 5.74) is -0.536. The number of aliphatic hydroxyl groups is 1. The molecule has 0 saturated heterocycles. The van der Waals surface area contributed by atoms with Crippen molar-refractivity contribution in [1.82, 2.24) is 9.88 Å². The molecule has 0 unspecified atom stereocenters. The Morgan fingerprint density at radius 1 is 1.14 bits per heavy atom. The lowest BCUT2D eigenvalue weighted by atomic mass is 9.95. The van der Waals surface area contributed by atoms with Gasteiger partial charge in [0.15, 0.2) is 0 Å². The highest BCUT2D eigenvalue weighted by Gasteiger charge is 2.24. The maximum absolute atomic E-state index is 12.5. The summed E-state index contributed by atoms with van der Waals surface area (Å²) in [7, 11) is 1.63. The number of anilines is 1. The van der Waals surface area contributed by atoms with Gasteiger partial charge in [-0.15, -0.1) is 0 Å². The number of aliphatic hydroxyl groups excluding tert-OH is 1. The van der Waals surface area contributed by atoms with Crippen LogP contribution in [0.3, 0.4) is 0 Å². The number of carbonyl (C=O) groups excluding carboxylic acids is 2. The van der Waals surface area contributed by atoms with Gasteiger partial charge in [0.1, 0.15) is 11.4 Å². The van der Waals surface area contributed by atoms with Crippen molar-refractivity contribution >= 4 is 17.8 Å². The van der Waals surface area contributed by atoms with Crippen LogP contribution in [-0.4, -0.2) is 52.9 Å². The summed E-state index contributed by atoms with van der Waals surface area (Å²) in [6, 6.07) is 3.47. The van der Waals surface area contributed by atoms with Crippen molar-refractivity contribution in [2.75, 3.05) is 25.6 Å². The molecule has 0 aliphatic heterocycles. The number of carbonyl (C=O) groups is 2. The fourth-order valence-electron chi connectivity index (χ4n) is 2.13. The third kappa shape index (κ3) is 9.13. The monoisotopic (exact) mass is 409 g/mol. The second-order valence-corrected chi connectivity index (χ2v) is 8.98. The third-order valence-electron chi connectivity index (χ3n) is 3.78. The molecule has 0 bridgehead atoms. The molecule has 0 aromatic carbocycles. The quantitative estimate of drug-likeness (QED) is 0.637. The van der Waals surface area contributed by atoms with Crippen molar-refractivity contribution in [3.63, 3.8) is 0 Å². The minimum atomic E-state index is -0.603. The Morgan fingerprint density at radius 3 is 2.34 bits per heavy atom. The van der Waals surface area contributed by atoms with E-state index in [0.29, 0.717) is 36.7 Å². The van der Waals surface area contributed by atoms with Crippen molar-refractivity contribution in [3.05, 3.63) is 17.7 Å². The Morgan fingerprint density at radius 2 is 1.79 bits per heavy atom. The number of hydrogen-bond donors (Lipinski definition) is 2. The van der Waals surface area contributed by atoms with Gasteiger partial charge in [0.25, 0.3) is 0 Å². The fraction of sp³-hybridized carbons (Fsp3) is 0.667. The number of aromatic nitrogens is 1. The van der Waals surface area contributed by atoms with Crippen LogP contribution in [0.5, 0.6) is 5.88 Å². The zero-order valence-corrected chi connectivity index (χ0v) is 18.7. The second-order valence-electron chi connectivity index (χ2n) is 8.98. The maximum Gasteiger partial charge on any atom is 0.410 e. The molecule has 0 spiro atoms. The molecule has 1 aromatic rings. The van der Waals surface area contributed by atoms with Crippen molar-refractivity contribution in [3.8, 4) is 5.88 Å². The molecular formula is C21H35N3O5. The zero-order chi connectivity index (χ0) is 22.2. The van der Waals surface area contributed by atoms with Gasteiger partial charge >= 0.3 is 6.09 Å². The molecule has 1 rings (SSSR count). The smallest absolute Gasteiger partial charge is 0.410 e. The molecule has 1 aromatic heterocycles. The third-order valence-corrected chi connectivity index (χ3v) is 3.78. The number of nitrogens with one attached hydrogen (secondary N) is 1. The molecule has 0 radical (unpaired) electrons. The van der Waals surface area contributed by atoms with E-state index < -0.39 is 17.1 Å². The summed E-state index contributed by atoms with van der Waals surface area (Å²) in [5, 5.41) is 11.7. The van der Waals surface area contributed by atoms with Crippen LogP contribution in [0.2, 0.25) is 0 Å². The molecule has 2 amide bonds. The fourth-order valence-corrected chi connectivity index (χ4v) is 2.13. The van der Waals surface area contributed by atoms with E-state index in [0.717, 1.165) is 0 Å². The minimum absolute atomic E-state index is 0.111. The van der Waals surface area contributed by atoms with Crippen LogP contribution in [0, 0.1) is 5.41 Å². The van der Waals surface area contributed by atoms with E-state index in [9.17, 15) is 9.59 Å². The molecule has 1 heterocycles. The van der Waals surface area contributed by atoms with Gasteiger partial charge < -0.3 is 24.8 Å². The molecule has 8 heteroatoms. The molecular weight excluding hydrogens is 374 g/mol. The molecule has 0 saturated carbocycles. The second kappa shape index (κ2) is 10.4. The standard InChI is InChI=1S/C21H35N3O5/c1-20(2,3)18(26)23-17-15(14-24(7)19(27)29-21(4,5)6)10-11-16(22-17)28-13-9-8-12-25/h10-11,25H,8-9,12-14H2,1-7H3,(H,22,23,26). The number of unbranched alkanes of at least 4 members (excludes halogenated alkanes) is 1. The summed E-state index contributed by atoms with van der Waals surface area (Å²) < 4.78 is 11.0. The van der Waals surface area contributed by atoms with Gasteiger partial charge in [0.2, 0.25) is 11.8 Å². The average Bonchev–Trinajstić information content (AvgIpc) is 2.58. The van der Waals surface area contributed by atoms with Gasteiger partial charge in [-0.3, -0.25) is 4.79 Å². The Kier molecular flexibility index (Phi) is 8.88. The summed E-state index contributed by atoms with van der Waals surface area (Å²) >= 11 is 0. The average molecular weight is 410 g/mol. The molecule has 0 aliphatic carbocycles. The lowest BCUT2D eigenvalue weighted by molar-refractivity contribution is -0.123. The predicted molar refractivity (Wildman–Crippen MR) is 112 cm³/mol. The van der Waals surface area contributed by atoms with E-state index in [1.54, 1.807) is 40.0 Å². The van der Waals surface area contributed by atoms with E-state index in [1.165, 1.54) is 4.90 Å². The molecule has 2 N–H and O–H groups in total. The van der Waals surface area contributed by atoms with Crippen LogP contribution in [0.25, 0.3) is 0 Å². The van der Waals surface area contributed by atoms with Crippen LogP contribution >= 0.6 is 0 Å². The van der Waals surface area contributed by atoms with Crippen molar-refractivity contribution in [1.29, 1.82) is 0 Å². The number of ether oxygens (including phenoxy) is 2. The highest BCUT2D eigenvalue weighted by atomic mass is 16.6. The summed E-state index contributed by atoms with van der Waals surface area (Å²) in [6.07, 6.45) is 0.882. The van der Waals surface area contributed by atoms with E-state index >= 15 is 0 Å². The normalized spacial score (nSPS) is 11.7. The zero-order valence-electron chi connectivity index (χ0n) is 18.7. The Balaban J connectivity index is 3.01. The Bertz CT molecular complexity index is 693. The SMILES string of the molecule is CN(Cc1ccc(OCCCCO)nc1NC(=O)C(C)(C)C)C(=O)OC(C)(C)C. The first-order valence-corrected chi connectivity index (χ1v) is 9.82. The topological polar surface area (TPSA) is 101 Å².